The van der Waals surface area contributed by atoms with Crippen molar-refractivity contribution in [2.45, 2.75) is 122 Å². The van der Waals surface area contributed by atoms with Crippen LogP contribution in [0.5, 0.6) is 0 Å². The molecule has 2 heterocycles. The Hall–Kier alpha value is -2.32. The number of nitrogens with one attached hydrogen (secondary N) is 6. The van der Waals surface area contributed by atoms with Crippen molar-refractivity contribution in [3.05, 3.63) is 23.8 Å². The van der Waals surface area contributed by atoms with Gasteiger partial charge in [0.25, 0.3) is 0 Å². The van der Waals surface area contributed by atoms with E-state index in [0.717, 1.165) is 31.2 Å². The molecule has 0 aliphatic carbocycles. The minimum absolute atomic E-state index is 0.0488. The molecule has 8 nitrogen and oxygen atoms in total. The molecule has 0 spiro atoms. The standard InChI is InChI=1S/C27H46N6O2/c1-17-10-11-18(28-22(34)29-19-13-24(2,3)32-25(4,5)14-19)12-21(17)31-23(35)30-20-15-26(6,7)33-27(8,9)16-20/h10-12,19-20,32-33H,13-16H2,1-9H3,(H2,28,29,34)(H2,30,31,35). The summed E-state index contributed by atoms with van der Waals surface area (Å²) >= 11 is 0. The average Bonchev–Trinajstić information content (AvgIpc) is 2.58. The Balaban J connectivity index is 1.59. The molecule has 2 aliphatic rings. The lowest BCUT2D eigenvalue weighted by atomic mass is 9.79. The lowest BCUT2D eigenvalue weighted by Gasteiger charge is -2.46. The lowest BCUT2D eigenvalue weighted by molar-refractivity contribution is 0.148. The number of piperidine rings is 2. The molecule has 6 N–H and O–H groups in total. The van der Waals surface area contributed by atoms with Crippen molar-refractivity contribution < 1.29 is 9.59 Å². The monoisotopic (exact) mass is 486 g/mol. The molecule has 2 saturated heterocycles. The summed E-state index contributed by atoms with van der Waals surface area (Å²) < 4.78 is 0. The zero-order chi connectivity index (χ0) is 26.2. The predicted octanol–water partition coefficient (Wildman–Crippen LogP) is 4.86. The van der Waals surface area contributed by atoms with Gasteiger partial charge in [-0.05, 0) is 106 Å². The highest BCUT2D eigenvalue weighted by atomic mass is 16.2. The molecule has 1 aromatic rings. The minimum atomic E-state index is -0.234. The first-order valence-electron chi connectivity index (χ1n) is 12.8. The molecule has 1 aromatic carbocycles. The molecule has 2 aliphatic heterocycles. The molecule has 0 aromatic heterocycles. The van der Waals surface area contributed by atoms with Gasteiger partial charge in [-0.2, -0.15) is 0 Å². The van der Waals surface area contributed by atoms with Gasteiger partial charge in [0.2, 0.25) is 0 Å². The molecule has 0 bridgehead atoms. The van der Waals surface area contributed by atoms with Crippen LogP contribution in [0, 0.1) is 6.92 Å². The van der Waals surface area contributed by atoms with E-state index in [1.807, 2.05) is 19.1 Å². The lowest BCUT2D eigenvalue weighted by Crippen LogP contribution is -2.62. The second kappa shape index (κ2) is 9.62. The average molecular weight is 487 g/mol. The highest BCUT2D eigenvalue weighted by molar-refractivity contribution is 5.93. The van der Waals surface area contributed by atoms with E-state index in [0.29, 0.717) is 11.4 Å². The number of benzene rings is 1. The third kappa shape index (κ3) is 8.10. The fraction of sp³-hybridized carbons (Fsp3) is 0.704. The molecule has 0 unspecified atom stereocenters. The topological polar surface area (TPSA) is 106 Å². The number of hydrogen-bond acceptors (Lipinski definition) is 4. The van der Waals surface area contributed by atoms with E-state index in [1.165, 1.54) is 0 Å². The van der Waals surface area contributed by atoms with Gasteiger partial charge in [0.1, 0.15) is 0 Å². The number of aryl methyl sites for hydroxylation is 1. The predicted molar refractivity (Wildman–Crippen MR) is 144 cm³/mol. The first-order valence-corrected chi connectivity index (χ1v) is 12.8. The first kappa shape index (κ1) is 27.3. The maximum Gasteiger partial charge on any atom is 0.319 e. The molecule has 3 rings (SSSR count). The molecule has 0 radical (unpaired) electrons. The maximum absolute atomic E-state index is 12.8. The van der Waals surface area contributed by atoms with Crippen molar-refractivity contribution in [2.75, 3.05) is 10.6 Å². The Labute approximate surface area is 211 Å². The van der Waals surface area contributed by atoms with Gasteiger partial charge in [0, 0.05) is 45.6 Å². The number of urea groups is 2. The molecule has 4 amide bonds. The Morgan fingerprint density at radius 1 is 0.714 bits per heavy atom. The number of anilines is 2. The van der Waals surface area contributed by atoms with Gasteiger partial charge < -0.3 is 31.9 Å². The number of rotatable bonds is 4. The SMILES string of the molecule is Cc1ccc(NC(=O)NC2CC(C)(C)NC(C)(C)C2)cc1NC(=O)NC1CC(C)(C)NC(C)(C)C1. The fourth-order valence-electron chi connectivity index (χ4n) is 6.38. The van der Waals surface area contributed by atoms with Crippen LogP contribution in [0.25, 0.3) is 0 Å². The van der Waals surface area contributed by atoms with E-state index in [1.54, 1.807) is 6.07 Å². The Kier molecular flexibility index (Phi) is 7.49. The number of carbonyl (C=O) groups is 2. The van der Waals surface area contributed by atoms with Crippen LogP contribution in [0.1, 0.15) is 86.6 Å². The maximum atomic E-state index is 12.8. The molecule has 8 heteroatoms. The van der Waals surface area contributed by atoms with E-state index in [-0.39, 0.29) is 46.3 Å². The van der Waals surface area contributed by atoms with Crippen molar-refractivity contribution in [2.24, 2.45) is 0 Å². The summed E-state index contributed by atoms with van der Waals surface area (Å²) in [5.74, 6) is 0. The van der Waals surface area contributed by atoms with Gasteiger partial charge in [-0.3, -0.25) is 0 Å². The van der Waals surface area contributed by atoms with Crippen molar-refractivity contribution in [1.82, 2.24) is 21.3 Å². The molecule has 0 saturated carbocycles. The van der Waals surface area contributed by atoms with Crippen LogP contribution in [0.3, 0.4) is 0 Å². The number of hydrogen-bond donors (Lipinski definition) is 6. The summed E-state index contributed by atoms with van der Waals surface area (Å²) in [7, 11) is 0. The van der Waals surface area contributed by atoms with Crippen molar-refractivity contribution in [1.29, 1.82) is 0 Å². The first-order chi connectivity index (χ1) is 15.9. The zero-order valence-electron chi connectivity index (χ0n) is 23.0. The van der Waals surface area contributed by atoms with E-state index in [4.69, 9.17) is 0 Å². The Bertz CT molecular complexity index is 921. The van der Waals surface area contributed by atoms with Crippen molar-refractivity contribution >= 4 is 23.4 Å². The molecular formula is C27H46N6O2. The molecule has 0 atom stereocenters. The van der Waals surface area contributed by atoms with E-state index in [9.17, 15) is 9.59 Å². The third-order valence-electron chi connectivity index (χ3n) is 6.79. The zero-order valence-corrected chi connectivity index (χ0v) is 23.0. The van der Waals surface area contributed by atoms with Gasteiger partial charge in [-0.15, -0.1) is 0 Å². The molecular weight excluding hydrogens is 440 g/mol. The quantitative estimate of drug-likeness (QED) is 0.366. The van der Waals surface area contributed by atoms with Gasteiger partial charge in [-0.25, -0.2) is 9.59 Å². The molecule has 2 fully saturated rings. The summed E-state index contributed by atoms with van der Waals surface area (Å²) in [6.45, 7) is 19.2. The second-order valence-electron chi connectivity index (χ2n) is 13.2. The summed E-state index contributed by atoms with van der Waals surface area (Å²) in [4.78, 5) is 25.6. The molecule has 35 heavy (non-hydrogen) atoms. The summed E-state index contributed by atoms with van der Waals surface area (Å²) in [5.41, 5.74) is 2.05. The van der Waals surface area contributed by atoms with E-state index < -0.39 is 0 Å². The van der Waals surface area contributed by atoms with Crippen LogP contribution in [0.15, 0.2) is 18.2 Å². The third-order valence-corrected chi connectivity index (χ3v) is 6.79. The minimum Gasteiger partial charge on any atom is -0.335 e. The second-order valence-corrected chi connectivity index (χ2v) is 13.2. The van der Waals surface area contributed by atoms with Crippen molar-refractivity contribution in [3.63, 3.8) is 0 Å². The summed E-state index contributed by atoms with van der Waals surface area (Å²) in [6.07, 6.45) is 3.42. The molecule has 196 valence electrons. The number of amides is 4. The Morgan fingerprint density at radius 2 is 1.11 bits per heavy atom. The summed E-state index contributed by atoms with van der Waals surface area (Å²) in [5, 5.41) is 19.5. The fourth-order valence-corrected chi connectivity index (χ4v) is 6.38. The van der Waals surface area contributed by atoms with Crippen LogP contribution < -0.4 is 31.9 Å². The van der Waals surface area contributed by atoms with Crippen LogP contribution in [0.4, 0.5) is 21.0 Å². The normalized spacial score (nSPS) is 23.2. The van der Waals surface area contributed by atoms with Crippen molar-refractivity contribution in [3.8, 4) is 0 Å². The highest BCUT2D eigenvalue weighted by Gasteiger charge is 2.39. The van der Waals surface area contributed by atoms with E-state index in [2.05, 4.69) is 87.3 Å². The van der Waals surface area contributed by atoms with Crippen LogP contribution in [0.2, 0.25) is 0 Å². The largest absolute Gasteiger partial charge is 0.335 e. The van der Waals surface area contributed by atoms with Crippen LogP contribution >= 0.6 is 0 Å². The highest BCUT2D eigenvalue weighted by Crippen LogP contribution is 2.30. The van der Waals surface area contributed by atoms with Gasteiger partial charge in [0.15, 0.2) is 0 Å². The van der Waals surface area contributed by atoms with E-state index >= 15 is 0 Å². The number of carbonyl (C=O) groups excluding carboxylic acids is 2. The Morgan fingerprint density at radius 3 is 1.54 bits per heavy atom. The van der Waals surface area contributed by atoms with Crippen LogP contribution in [-0.2, 0) is 0 Å². The van der Waals surface area contributed by atoms with Gasteiger partial charge in [0.05, 0.1) is 0 Å². The van der Waals surface area contributed by atoms with Crippen LogP contribution in [-0.4, -0.2) is 46.3 Å². The van der Waals surface area contributed by atoms with Gasteiger partial charge in [-0.1, -0.05) is 6.07 Å². The smallest absolute Gasteiger partial charge is 0.319 e. The summed E-state index contributed by atoms with van der Waals surface area (Å²) in [6, 6.07) is 5.25. The van der Waals surface area contributed by atoms with Gasteiger partial charge >= 0.3 is 12.1 Å².